The average molecular weight is 348 g/mol. The van der Waals surface area contributed by atoms with Crippen LogP contribution in [0.5, 0.6) is 6.01 Å². The van der Waals surface area contributed by atoms with Crippen molar-refractivity contribution in [2.75, 3.05) is 6.61 Å². The Hall–Kier alpha value is -2.28. The molecule has 108 valence electrons. The lowest BCUT2D eigenvalue weighted by atomic mass is 10.3. The van der Waals surface area contributed by atoms with Gasteiger partial charge in [-0.3, -0.25) is 4.99 Å². The van der Waals surface area contributed by atoms with Crippen molar-refractivity contribution in [3.05, 3.63) is 46.7 Å². The van der Waals surface area contributed by atoms with Crippen molar-refractivity contribution in [2.45, 2.75) is 6.92 Å². The lowest BCUT2D eigenvalue weighted by Crippen LogP contribution is -2.16. The fraction of sp³-hybridized carbons (Fsp3) is 0.143. The van der Waals surface area contributed by atoms with E-state index in [1.165, 1.54) is 0 Å². The Kier molecular flexibility index (Phi) is 5.39. The standard InChI is InChI=1S/C14H14BrN5O/c1-10-5-6-17-14(19-10)21-9-13(20-16)8-18-12-4-2-3-11(15)7-12/h2-8H,9,16H2,1H3. The smallest absolute Gasteiger partial charge is 0.316 e. The second-order valence-electron chi connectivity index (χ2n) is 4.13. The van der Waals surface area contributed by atoms with E-state index in [4.69, 9.17) is 10.6 Å². The van der Waals surface area contributed by atoms with Crippen LogP contribution in [0.25, 0.3) is 0 Å². The first-order valence-corrected chi connectivity index (χ1v) is 6.95. The predicted molar refractivity (Wildman–Crippen MR) is 86.2 cm³/mol. The molecule has 0 aliphatic carbocycles. The first-order chi connectivity index (χ1) is 10.2. The van der Waals surface area contributed by atoms with Gasteiger partial charge < -0.3 is 10.6 Å². The van der Waals surface area contributed by atoms with E-state index in [9.17, 15) is 0 Å². The van der Waals surface area contributed by atoms with Gasteiger partial charge in [0.05, 0.1) is 11.9 Å². The van der Waals surface area contributed by atoms with Crippen molar-refractivity contribution >= 4 is 33.5 Å². The summed E-state index contributed by atoms with van der Waals surface area (Å²) in [5, 5.41) is 3.64. The summed E-state index contributed by atoms with van der Waals surface area (Å²) in [5.41, 5.74) is 2.10. The van der Waals surface area contributed by atoms with E-state index in [-0.39, 0.29) is 12.6 Å². The van der Waals surface area contributed by atoms with Gasteiger partial charge in [-0.25, -0.2) is 9.97 Å². The van der Waals surface area contributed by atoms with Crippen LogP contribution in [-0.4, -0.2) is 28.5 Å². The Morgan fingerprint density at radius 2 is 2.29 bits per heavy atom. The number of hydrazone groups is 1. The second-order valence-corrected chi connectivity index (χ2v) is 5.04. The monoisotopic (exact) mass is 347 g/mol. The van der Waals surface area contributed by atoms with Gasteiger partial charge in [-0.2, -0.15) is 5.10 Å². The van der Waals surface area contributed by atoms with Crippen molar-refractivity contribution in [2.24, 2.45) is 15.9 Å². The molecule has 0 unspecified atom stereocenters. The summed E-state index contributed by atoms with van der Waals surface area (Å²) in [4.78, 5) is 12.4. The zero-order valence-corrected chi connectivity index (χ0v) is 13.0. The zero-order chi connectivity index (χ0) is 15.1. The van der Waals surface area contributed by atoms with Crippen LogP contribution in [-0.2, 0) is 0 Å². The van der Waals surface area contributed by atoms with Crippen LogP contribution >= 0.6 is 15.9 Å². The molecule has 0 bridgehead atoms. The topological polar surface area (TPSA) is 85.8 Å². The van der Waals surface area contributed by atoms with Gasteiger partial charge in [0.1, 0.15) is 12.3 Å². The van der Waals surface area contributed by atoms with Crippen molar-refractivity contribution in [1.82, 2.24) is 9.97 Å². The van der Waals surface area contributed by atoms with Gasteiger partial charge >= 0.3 is 6.01 Å². The highest BCUT2D eigenvalue weighted by atomic mass is 79.9. The van der Waals surface area contributed by atoms with Crippen LogP contribution in [0.3, 0.4) is 0 Å². The molecule has 0 fully saturated rings. The molecule has 0 aliphatic rings. The highest BCUT2D eigenvalue weighted by Gasteiger charge is 2.01. The Morgan fingerprint density at radius 1 is 1.43 bits per heavy atom. The van der Waals surface area contributed by atoms with E-state index >= 15 is 0 Å². The largest absolute Gasteiger partial charge is 0.457 e. The van der Waals surface area contributed by atoms with Gasteiger partial charge in [0.25, 0.3) is 0 Å². The number of aryl methyl sites for hydroxylation is 1. The summed E-state index contributed by atoms with van der Waals surface area (Å²) >= 11 is 3.38. The molecule has 0 amide bonds. The molecule has 0 saturated heterocycles. The lowest BCUT2D eigenvalue weighted by molar-refractivity contribution is 0.345. The first-order valence-electron chi connectivity index (χ1n) is 6.16. The fourth-order valence-corrected chi connectivity index (χ4v) is 1.83. The number of aliphatic imine (C=N–C) groups is 1. The van der Waals surface area contributed by atoms with Crippen LogP contribution < -0.4 is 10.6 Å². The third-order valence-corrected chi connectivity index (χ3v) is 2.95. The predicted octanol–water partition coefficient (Wildman–Crippen LogP) is 2.64. The number of aromatic nitrogens is 2. The Labute approximate surface area is 130 Å². The van der Waals surface area contributed by atoms with E-state index in [1.54, 1.807) is 18.5 Å². The highest BCUT2D eigenvalue weighted by molar-refractivity contribution is 9.10. The van der Waals surface area contributed by atoms with Crippen LogP contribution in [0, 0.1) is 6.92 Å². The summed E-state index contributed by atoms with van der Waals surface area (Å²) in [6, 6.07) is 9.66. The number of hydrogen-bond acceptors (Lipinski definition) is 6. The Balaban J connectivity index is 1.98. The number of halogens is 1. The Bertz CT molecular complexity index is 672. The van der Waals surface area contributed by atoms with Gasteiger partial charge in [-0.1, -0.05) is 22.0 Å². The molecule has 1 aromatic carbocycles. The molecule has 2 rings (SSSR count). The van der Waals surface area contributed by atoms with Gasteiger partial charge in [-0.15, -0.1) is 0 Å². The van der Waals surface area contributed by atoms with Crippen LogP contribution in [0.1, 0.15) is 5.69 Å². The molecule has 0 aliphatic heterocycles. The van der Waals surface area contributed by atoms with Crippen molar-refractivity contribution in [1.29, 1.82) is 0 Å². The van der Waals surface area contributed by atoms with Crippen LogP contribution in [0.15, 0.2) is 51.1 Å². The van der Waals surface area contributed by atoms with E-state index in [0.29, 0.717) is 5.71 Å². The van der Waals surface area contributed by atoms with E-state index in [2.05, 4.69) is 36.0 Å². The number of nitrogens with two attached hydrogens (primary N) is 1. The maximum absolute atomic E-state index is 5.42. The number of ether oxygens (including phenoxy) is 1. The molecule has 1 aromatic heterocycles. The summed E-state index contributed by atoms with van der Waals surface area (Å²) in [6.45, 7) is 2.01. The molecule has 0 radical (unpaired) electrons. The zero-order valence-electron chi connectivity index (χ0n) is 11.4. The molecule has 21 heavy (non-hydrogen) atoms. The summed E-state index contributed by atoms with van der Waals surface area (Å²) < 4.78 is 6.37. The van der Waals surface area contributed by atoms with Gasteiger partial charge in [0.2, 0.25) is 0 Å². The number of benzene rings is 1. The molecule has 0 saturated carbocycles. The maximum Gasteiger partial charge on any atom is 0.316 e. The van der Waals surface area contributed by atoms with Crippen LogP contribution in [0.4, 0.5) is 5.69 Å². The molecule has 0 atom stereocenters. The summed E-state index contributed by atoms with van der Waals surface area (Å²) in [7, 11) is 0. The minimum absolute atomic E-state index is 0.150. The van der Waals surface area contributed by atoms with Gasteiger partial charge in [0.15, 0.2) is 0 Å². The average Bonchev–Trinajstić information content (AvgIpc) is 2.47. The minimum Gasteiger partial charge on any atom is -0.457 e. The maximum atomic E-state index is 5.42. The fourth-order valence-electron chi connectivity index (χ4n) is 1.45. The quantitative estimate of drug-likeness (QED) is 0.511. The molecular weight excluding hydrogens is 334 g/mol. The van der Waals surface area contributed by atoms with Crippen LogP contribution in [0.2, 0.25) is 0 Å². The van der Waals surface area contributed by atoms with E-state index in [0.717, 1.165) is 15.9 Å². The summed E-state index contributed by atoms with van der Waals surface area (Å²) in [6.07, 6.45) is 3.18. The molecular formula is C14H14BrN5O. The van der Waals surface area contributed by atoms with Crippen molar-refractivity contribution < 1.29 is 4.74 Å². The normalized spacial score (nSPS) is 11.8. The van der Waals surface area contributed by atoms with E-state index in [1.807, 2.05) is 31.2 Å². The molecule has 6 nitrogen and oxygen atoms in total. The number of nitrogens with zero attached hydrogens (tertiary/aromatic N) is 4. The van der Waals surface area contributed by atoms with Crippen molar-refractivity contribution in [3.63, 3.8) is 0 Å². The van der Waals surface area contributed by atoms with Gasteiger partial charge in [-0.05, 0) is 31.2 Å². The van der Waals surface area contributed by atoms with Gasteiger partial charge in [0, 0.05) is 16.4 Å². The molecule has 2 aromatic rings. The molecule has 7 heteroatoms. The first kappa shape index (κ1) is 15.1. The number of hydrogen-bond donors (Lipinski definition) is 1. The van der Waals surface area contributed by atoms with E-state index < -0.39 is 0 Å². The van der Waals surface area contributed by atoms with Crippen molar-refractivity contribution in [3.8, 4) is 6.01 Å². The molecule has 1 heterocycles. The third kappa shape index (κ3) is 4.96. The Morgan fingerprint density at radius 3 is 3.00 bits per heavy atom. The molecule has 2 N–H and O–H groups in total. The number of rotatable bonds is 5. The SMILES string of the molecule is Cc1ccnc(OCC(C=Nc2cccc(Br)c2)=NN)n1. The highest BCUT2D eigenvalue weighted by Crippen LogP contribution is 2.17. The molecule has 0 spiro atoms. The summed E-state index contributed by atoms with van der Waals surface area (Å²) in [5.74, 6) is 5.33. The third-order valence-electron chi connectivity index (χ3n) is 2.46. The lowest BCUT2D eigenvalue weighted by Gasteiger charge is -2.03. The second kappa shape index (κ2) is 7.49. The minimum atomic E-state index is 0.150.